The summed E-state index contributed by atoms with van der Waals surface area (Å²) in [6.07, 6.45) is 1.99. The monoisotopic (exact) mass is 385 g/mol. The molecule has 0 saturated carbocycles. The van der Waals surface area contributed by atoms with Gasteiger partial charge in [0.2, 0.25) is 11.8 Å². The fourth-order valence-electron chi connectivity index (χ4n) is 3.01. The molecule has 7 heteroatoms. The van der Waals surface area contributed by atoms with Gasteiger partial charge in [0.25, 0.3) is 5.22 Å². The van der Waals surface area contributed by atoms with Crippen molar-refractivity contribution in [3.05, 3.63) is 59.1 Å². The average molecular weight is 386 g/mol. The number of thioether (sulfide) groups is 1. The fourth-order valence-corrected chi connectivity index (χ4v) is 3.86. The van der Waals surface area contributed by atoms with E-state index in [1.165, 1.54) is 17.3 Å². The van der Waals surface area contributed by atoms with E-state index in [4.69, 9.17) is 16.0 Å². The molecule has 2 aromatic carbocycles. The Hall–Kier alpha value is -2.31. The van der Waals surface area contributed by atoms with Gasteiger partial charge in [-0.15, -0.1) is 10.2 Å². The number of carbonyl (C=O) groups excluding carboxylic acids is 1. The molecule has 0 bridgehead atoms. The molecule has 0 aliphatic carbocycles. The van der Waals surface area contributed by atoms with E-state index in [-0.39, 0.29) is 11.7 Å². The minimum absolute atomic E-state index is 0.0413. The SMILES string of the molecule is O=C(CSc1nnc(-c2ccccc2Cl)o1)N1CCCc2ccccc21. The maximum atomic E-state index is 12.7. The number of fused-ring (bicyclic) bond motifs is 1. The Morgan fingerprint density at radius 2 is 1.96 bits per heavy atom. The van der Waals surface area contributed by atoms with Gasteiger partial charge in [-0.3, -0.25) is 4.79 Å². The molecular weight excluding hydrogens is 370 g/mol. The zero-order valence-corrected chi connectivity index (χ0v) is 15.5. The van der Waals surface area contributed by atoms with Crippen molar-refractivity contribution in [1.29, 1.82) is 0 Å². The Bertz CT molecular complexity index is 944. The number of aryl methyl sites for hydroxylation is 1. The summed E-state index contributed by atoms with van der Waals surface area (Å²) < 4.78 is 5.64. The van der Waals surface area contributed by atoms with Gasteiger partial charge in [-0.25, -0.2) is 0 Å². The number of halogens is 1. The van der Waals surface area contributed by atoms with Crippen LogP contribution in [0, 0.1) is 0 Å². The smallest absolute Gasteiger partial charge is 0.277 e. The van der Waals surface area contributed by atoms with Gasteiger partial charge < -0.3 is 9.32 Å². The van der Waals surface area contributed by atoms with E-state index in [0.29, 0.717) is 21.7 Å². The summed E-state index contributed by atoms with van der Waals surface area (Å²) in [7, 11) is 0. The summed E-state index contributed by atoms with van der Waals surface area (Å²) in [6, 6.07) is 15.3. The van der Waals surface area contributed by atoms with Crippen molar-refractivity contribution < 1.29 is 9.21 Å². The second-order valence-corrected chi connectivity index (χ2v) is 7.25. The lowest BCUT2D eigenvalue weighted by Gasteiger charge is -2.29. The van der Waals surface area contributed by atoms with E-state index in [1.807, 2.05) is 41.3 Å². The van der Waals surface area contributed by atoms with Crippen LogP contribution in [0.2, 0.25) is 5.02 Å². The lowest BCUT2D eigenvalue weighted by molar-refractivity contribution is -0.116. The molecule has 1 aliphatic heterocycles. The molecule has 0 radical (unpaired) electrons. The van der Waals surface area contributed by atoms with Crippen molar-refractivity contribution in [2.75, 3.05) is 17.2 Å². The Morgan fingerprint density at radius 1 is 1.15 bits per heavy atom. The molecule has 3 aromatic rings. The van der Waals surface area contributed by atoms with Crippen LogP contribution < -0.4 is 4.90 Å². The predicted octanol–water partition coefficient (Wildman–Crippen LogP) is 4.46. The highest BCUT2D eigenvalue weighted by Crippen LogP contribution is 2.30. The quantitative estimate of drug-likeness (QED) is 0.620. The van der Waals surface area contributed by atoms with Crippen molar-refractivity contribution in [2.24, 2.45) is 0 Å². The zero-order valence-electron chi connectivity index (χ0n) is 13.9. The van der Waals surface area contributed by atoms with Crippen molar-refractivity contribution in [3.8, 4) is 11.5 Å². The second kappa shape index (κ2) is 7.51. The largest absolute Gasteiger partial charge is 0.411 e. The highest BCUT2D eigenvalue weighted by Gasteiger charge is 2.23. The summed E-state index contributed by atoms with van der Waals surface area (Å²) >= 11 is 7.39. The third kappa shape index (κ3) is 3.48. The summed E-state index contributed by atoms with van der Waals surface area (Å²) in [5.74, 6) is 0.645. The summed E-state index contributed by atoms with van der Waals surface area (Å²) in [5.41, 5.74) is 2.91. The van der Waals surface area contributed by atoms with Crippen molar-refractivity contribution >= 4 is 35.0 Å². The predicted molar refractivity (Wildman–Crippen MR) is 103 cm³/mol. The molecule has 0 spiro atoms. The van der Waals surface area contributed by atoms with Gasteiger partial charge in [-0.1, -0.05) is 53.7 Å². The molecule has 0 atom stereocenters. The number of amides is 1. The van der Waals surface area contributed by atoms with E-state index in [1.54, 1.807) is 6.07 Å². The molecular formula is C19H16ClN3O2S. The van der Waals surface area contributed by atoms with Crippen LogP contribution >= 0.6 is 23.4 Å². The van der Waals surface area contributed by atoms with Crippen molar-refractivity contribution in [1.82, 2.24) is 10.2 Å². The third-order valence-electron chi connectivity index (χ3n) is 4.24. The molecule has 2 heterocycles. The highest BCUT2D eigenvalue weighted by molar-refractivity contribution is 7.99. The highest BCUT2D eigenvalue weighted by atomic mass is 35.5. The Labute approximate surface area is 160 Å². The number of hydrogen-bond acceptors (Lipinski definition) is 5. The Morgan fingerprint density at radius 3 is 2.85 bits per heavy atom. The van der Waals surface area contributed by atoms with Crippen molar-refractivity contribution in [2.45, 2.75) is 18.1 Å². The first-order valence-corrected chi connectivity index (χ1v) is 9.68. The number of anilines is 1. The van der Waals surface area contributed by atoms with Gasteiger partial charge in [0, 0.05) is 12.2 Å². The molecule has 0 saturated heterocycles. The minimum atomic E-state index is 0.0413. The molecule has 132 valence electrons. The van der Waals surface area contributed by atoms with E-state index in [9.17, 15) is 4.79 Å². The molecule has 26 heavy (non-hydrogen) atoms. The van der Waals surface area contributed by atoms with Gasteiger partial charge in [0.15, 0.2) is 0 Å². The normalized spacial score (nSPS) is 13.5. The number of carbonyl (C=O) groups is 1. The van der Waals surface area contributed by atoms with Gasteiger partial charge in [-0.2, -0.15) is 0 Å². The number of hydrogen-bond donors (Lipinski definition) is 0. The van der Waals surface area contributed by atoms with E-state index < -0.39 is 0 Å². The summed E-state index contributed by atoms with van der Waals surface area (Å²) in [4.78, 5) is 14.5. The number of nitrogens with zero attached hydrogens (tertiary/aromatic N) is 3. The van der Waals surface area contributed by atoms with Crippen LogP contribution in [0.15, 0.2) is 58.2 Å². The first kappa shape index (κ1) is 17.1. The van der Waals surface area contributed by atoms with Crippen LogP contribution in [0.3, 0.4) is 0 Å². The average Bonchev–Trinajstić information content (AvgIpc) is 3.15. The molecule has 0 fully saturated rings. The third-order valence-corrected chi connectivity index (χ3v) is 5.37. The zero-order chi connectivity index (χ0) is 17.9. The molecule has 1 aliphatic rings. The lowest BCUT2D eigenvalue weighted by atomic mass is 10.0. The standard InChI is InChI=1S/C19H16ClN3O2S/c20-15-9-3-2-8-14(15)18-21-22-19(25-18)26-12-17(24)23-11-5-7-13-6-1-4-10-16(13)23/h1-4,6,8-10H,5,7,11-12H2. The van der Waals surface area contributed by atoms with Crippen LogP contribution in [0.5, 0.6) is 0 Å². The number of para-hydroxylation sites is 1. The van der Waals surface area contributed by atoms with Gasteiger partial charge in [0.05, 0.1) is 16.3 Å². The minimum Gasteiger partial charge on any atom is -0.411 e. The summed E-state index contributed by atoms with van der Waals surface area (Å²) in [6.45, 7) is 0.741. The number of aromatic nitrogens is 2. The topological polar surface area (TPSA) is 59.2 Å². The van der Waals surface area contributed by atoms with Gasteiger partial charge >= 0.3 is 0 Å². The van der Waals surface area contributed by atoms with E-state index in [0.717, 1.165) is 25.1 Å². The number of rotatable bonds is 4. The lowest BCUT2D eigenvalue weighted by Crippen LogP contribution is -2.36. The van der Waals surface area contributed by atoms with E-state index >= 15 is 0 Å². The molecule has 0 N–H and O–H groups in total. The second-order valence-electron chi connectivity index (χ2n) is 5.92. The Balaban J connectivity index is 1.44. The molecule has 1 aromatic heterocycles. The van der Waals surface area contributed by atoms with Crippen LogP contribution in [0.25, 0.3) is 11.5 Å². The van der Waals surface area contributed by atoms with E-state index in [2.05, 4.69) is 16.3 Å². The number of benzene rings is 2. The molecule has 4 rings (SSSR count). The van der Waals surface area contributed by atoms with Gasteiger partial charge in [0.1, 0.15) is 0 Å². The maximum absolute atomic E-state index is 12.7. The molecule has 1 amide bonds. The Kier molecular flexibility index (Phi) is 4.95. The summed E-state index contributed by atoms with van der Waals surface area (Å²) in [5, 5.41) is 8.95. The maximum Gasteiger partial charge on any atom is 0.277 e. The fraction of sp³-hybridized carbons (Fsp3) is 0.211. The van der Waals surface area contributed by atoms with Crippen molar-refractivity contribution in [3.63, 3.8) is 0 Å². The van der Waals surface area contributed by atoms with Crippen LogP contribution in [-0.2, 0) is 11.2 Å². The van der Waals surface area contributed by atoms with Crippen LogP contribution in [-0.4, -0.2) is 28.4 Å². The van der Waals surface area contributed by atoms with Crippen LogP contribution in [0.1, 0.15) is 12.0 Å². The molecule has 0 unspecified atom stereocenters. The first-order valence-electron chi connectivity index (χ1n) is 8.32. The van der Waals surface area contributed by atoms with Gasteiger partial charge in [-0.05, 0) is 36.6 Å². The van der Waals surface area contributed by atoms with Crippen LogP contribution in [0.4, 0.5) is 5.69 Å². The first-order chi connectivity index (χ1) is 12.7. The molecule has 5 nitrogen and oxygen atoms in total.